The Hall–Kier alpha value is 0.110. The third-order valence-corrected chi connectivity index (χ3v) is 1.52. The molecule has 0 aromatic rings. The molecule has 0 spiro atoms. The molecular formula is C4H9IN2O3S. The zero-order chi connectivity index (χ0) is 8.85. The fraction of sp³-hybridized carbons (Fsp3) is 0.750. The molecule has 0 aliphatic rings. The minimum Gasteiger partial charge on any atom is -0.336 e. The quantitative estimate of drug-likeness (QED) is 0.396. The van der Waals surface area contributed by atoms with Crippen LogP contribution in [0.1, 0.15) is 6.92 Å². The van der Waals surface area contributed by atoms with Gasteiger partial charge in [0.25, 0.3) is 11.3 Å². The summed E-state index contributed by atoms with van der Waals surface area (Å²) in [6, 6.07) is -0.630. The number of alkyl halides is 1. The van der Waals surface area contributed by atoms with Crippen molar-refractivity contribution in [1.82, 2.24) is 10.0 Å². The van der Waals surface area contributed by atoms with Gasteiger partial charge in [-0.1, -0.05) is 29.5 Å². The smallest absolute Gasteiger partial charge is 0.328 e. The minimum atomic E-state index is -2.27. The van der Waals surface area contributed by atoms with E-state index in [2.05, 4.69) is 27.9 Å². The average molecular weight is 292 g/mol. The van der Waals surface area contributed by atoms with Crippen LogP contribution in [0.3, 0.4) is 0 Å². The number of nitrogens with one attached hydrogen (secondary N) is 2. The van der Waals surface area contributed by atoms with Crippen LogP contribution in [0.4, 0.5) is 4.79 Å². The van der Waals surface area contributed by atoms with E-state index >= 15 is 0 Å². The lowest BCUT2D eigenvalue weighted by atomic mass is 10.5. The SMILES string of the molecule is CC(I)CNC(=O)NS(=O)O. The standard InChI is InChI=1S/C4H9IN2O3S/c1-3(5)2-6-4(8)7-11(9)10/h3H,2H2,1H3,(H,9,10)(H2,6,7,8). The summed E-state index contributed by atoms with van der Waals surface area (Å²) in [5.74, 6) is 0. The van der Waals surface area contributed by atoms with Crippen LogP contribution in [0.2, 0.25) is 0 Å². The van der Waals surface area contributed by atoms with Gasteiger partial charge in [-0.3, -0.25) is 4.55 Å². The molecule has 2 amide bonds. The molecule has 7 heteroatoms. The summed E-state index contributed by atoms with van der Waals surface area (Å²) < 4.78 is 20.2. The zero-order valence-corrected chi connectivity index (χ0v) is 8.81. The first-order chi connectivity index (χ1) is 5.02. The second kappa shape index (κ2) is 5.72. The second-order valence-corrected chi connectivity index (χ2v) is 4.67. The predicted octanol–water partition coefficient (Wildman–Crippen LogP) is 0.246. The highest BCUT2D eigenvalue weighted by Crippen LogP contribution is 1.94. The Morgan fingerprint density at radius 2 is 2.36 bits per heavy atom. The molecule has 11 heavy (non-hydrogen) atoms. The molecule has 0 rings (SSSR count). The van der Waals surface area contributed by atoms with Crippen molar-refractivity contribution >= 4 is 39.9 Å². The lowest BCUT2D eigenvalue weighted by Gasteiger charge is -2.04. The van der Waals surface area contributed by atoms with E-state index in [1.165, 1.54) is 0 Å². The zero-order valence-electron chi connectivity index (χ0n) is 5.83. The van der Waals surface area contributed by atoms with Crippen molar-refractivity contribution in [3.63, 3.8) is 0 Å². The van der Waals surface area contributed by atoms with Crippen molar-refractivity contribution < 1.29 is 13.6 Å². The van der Waals surface area contributed by atoms with E-state index in [9.17, 15) is 9.00 Å². The van der Waals surface area contributed by atoms with Crippen LogP contribution in [-0.2, 0) is 11.3 Å². The molecule has 5 nitrogen and oxygen atoms in total. The van der Waals surface area contributed by atoms with Gasteiger partial charge in [0, 0.05) is 10.5 Å². The van der Waals surface area contributed by atoms with Crippen LogP contribution in [0.25, 0.3) is 0 Å². The first-order valence-corrected chi connectivity index (χ1v) is 5.17. The summed E-state index contributed by atoms with van der Waals surface area (Å²) in [7, 11) is 0. The third-order valence-electron chi connectivity index (χ3n) is 0.724. The number of amides is 2. The van der Waals surface area contributed by atoms with Gasteiger partial charge in [-0.25, -0.2) is 13.7 Å². The normalized spacial score (nSPS) is 15.2. The topological polar surface area (TPSA) is 78.4 Å². The first-order valence-electron chi connectivity index (χ1n) is 2.81. The lowest BCUT2D eigenvalue weighted by molar-refractivity contribution is 0.246. The van der Waals surface area contributed by atoms with E-state index in [4.69, 9.17) is 4.55 Å². The fourth-order valence-electron chi connectivity index (χ4n) is 0.349. The first kappa shape index (κ1) is 11.1. The van der Waals surface area contributed by atoms with E-state index in [1.807, 2.05) is 6.92 Å². The summed E-state index contributed by atoms with van der Waals surface area (Å²) in [6.07, 6.45) is 0. The molecule has 0 saturated heterocycles. The Labute approximate surface area is 80.9 Å². The number of urea groups is 1. The molecule has 0 fully saturated rings. The number of carbonyl (C=O) groups is 1. The van der Waals surface area contributed by atoms with Gasteiger partial charge in [0.1, 0.15) is 0 Å². The molecular weight excluding hydrogens is 283 g/mol. The molecule has 0 radical (unpaired) electrons. The lowest BCUT2D eigenvalue weighted by Crippen LogP contribution is -2.38. The fourth-order valence-corrected chi connectivity index (χ4v) is 0.800. The summed E-state index contributed by atoms with van der Waals surface area (Å²) in [5.41, 5.74) is 0. The maximum atomic E-state index is 10.6. The number of rotatable bonds is 3. The summed E-state index contributed by atoms with van der Waals surface area (Å²) in [6.45, 7) is 2.39. The van der Waals surface area contributed by atoms with Gasteiger partial charge in [-0.2, -0.15) is 0 Å². The van der Waals surface area contributed by atoms with E-state index < -0.39 is 17.3 Å². The van der Waals surface area contributed by atoms with Gasteiger partial charge in [0.05, 0.1) is 0 Å². The summed E-state index contributed by atoms with van der Waals surface area (Å²) >= 11 is -0.146. The van der Waals surface area contributed by atoms with Gasteiger partial charge in [-0.05, 0) is 0 Å². The Kier molecular flexibility index (Phi) is 5.78. The molecule has 0 bridgehead atoms. The number of halogens is 1. The van der Waals surface area contributed by atoms with Crippen LogP contribution < -0.4 is 10.0 Å². The van der Waals surface area contributed by atoms with Gasteiger partial charge < -0.3 is 5.32 Å². The van der Waals surface area contributed by atoms with E-state index in [0.717, 1.165) is 0 Å². The van der Waals surface area contributed by atoms with Crippen molar-refractivity contribution in [2.75, 3.05) is 6.54 Å². The van der Waals surface area contributed by atoms with Crippen molar-refractivity contribution in [3.05, 3.63) is 0 Å². The molecule has 0 aliphatic carbocycles. The summed E-state index contributed by atoms with van der Waals surface area (Å²) in [5, 5.41) is 2.40. The van der Waals surface area contributed by atoms with E-state index in [1.54, 1.807) is 4.72 Å². The molecule has 0 saturated carbocycles. The Morgan fingerprint density at radius 1 is 1.82 bits per heavy atom. The molecule has 2 unspecified atom stereocenters. The monoisotopic (exact) mass is 292 g/mol. The minimum absolute atomic E-state index is 0.297. The van der Waals surface area contributed by atoms with Crippen LogP contribution in [0.15, 0.2) is 0 Å². The van der Waals surface area contributed by atoms with Crippen LogP contribution in [0, 0.1) is 0 Å². The molecule has 3 N–H and O–H groups in total. The van der Waals surface area contributed by atoms with E-state index in [0.29, 0.717) is 10.5 Å². The maximum Gasteiger partial charge on any atom is 0.328 e. The molecule has 66 valence electrons. The molecule has 0 aromatic carbocycles. The van der Waals surface area contributed by atoms with Gasteiger partial charge in [0.2, 0.25) is 0 Å². The second-order valence-electron chi connectivity index (χ2n) is 1.84. The Bertz CT molecular complexity index is 163. The molecule has 2 atom stereocenters. The molecule has 0 heterocycles. The Morgan fingerprint density at radius 3 is 2.73 bits per heavy atom. The summed E-state index contributed by atoms with van der Waals surface area (Å²) in [4.78, 5) is 10.6. The van der Waals surface area contributed by atoms with E-state index in [-0.39, 0.29) is 0 Å². The van der Waals surface area contributed by atoms with Gasteiger partial charge in [0.15, 0.2) is 0 Å². The number of hydrogen-bond donors (Lipinski definition) is 3. The van der Waals surface area contributed by atoms with Crippen molar-refractivity contribution in [1.29, 1.82) is 0 Å². The molecule has 0 aromatic heterocycles. The highest BCUT2D eigenvalue weighted by atomic mass is 127. The van der Waals surface area contributed by atoms with Crippen LogP contribution in [0.5, 0.6) is 0 Å². The van der Waals surface area contributed by atoms with Crippen LogP contribution >= 0.6 is 22.6 Å². The highest BCUT2D eigenvalue weighted by Gasteiger charge is 2.03. The molecule has 0 aliphatic heterocycles. The predicted molar refractivity (Wildman–Crippen MR) is 50.8 cm³/mol. The van der Waals surface area contributed by atoms with Crippen molar-refractivity contribution in [2.45, 2.75) is 10.8 Å². The average Bonchev–Trinajstić information content (AvgIpc) is 1.82. The van der Waals surface area contributed by atoms with Crippen molar-refractivity contribution in [3.8, 4) is 0 Å². The third kappa shape index (κ3) is 8.01. The Balaban J connectivity index is 3.46. The maximum absolute atomic E-state index is 10.6. The highest BCUT2D eigenvalue weighted by molar-refractivity contribution is 14.1. The number of carbonyl (C=O) groups excluding carboxylic acids is 1. The largest absolute Gasteiger partial charge is 0.336 e. The van der Waals surface area contributed by atoms with Gasteiger partial charge in [-0.15, -0.1) is 0 Å². The van der Waals surface area contributed by atoms with Crippen molar-refractivity contribution in [2.24, 2.45) is 0 Å². The number of hydrogen-bond acceptors (Lipinski definition) is 2. The van der Waals surface area contributed by atoms with Crippen LogP contribution in [-0.4, -0.2) is 25.3 Å². The van der Waals surface area contributed by atoms with Gasteiger partial charge >= 0.3 is 6.03 Å².